The summed E-state index contributed by atoms with van der Waals surface area (Å²) >= 11 is 0. The number of carbonyl (C=O) groups is 9. The van der Waals surface area contributed by atoms with Crippen LogP contribution >= 0.6 is 0 Å². The third-order valence-corrected chi connectivity index (χ3v) is 15.1. The minimum atomic E-state index is -2.36. The highest BCUT2D eigenvalue weighted by molar-refractivity contribution is 7.85. The Labute approximate surface area is 411 Å². The molecule has 7 rings (SSSR count). The highest BCUT2D eigenvalue weighted by Crippen LogP contribution is 2.32. The van der Waals surface area contributed by atoms with Crippen LogP contribution in [-0.4, -0.2) is 182 Å². The number of hydrogen-bond donors (Lipinski definition) is 13. The van der Waals surface area contributed by atoms with E-state index in [4.69, 9.17) is 10.5 Å². The predicted molar refractivity (Wildman–Crippen MR) is 252 cm³/mol. The van der Waals surface area contributed by atoms with Crippen molar-refractivity contribution >= 4 is 74.9 Å². The summed E-state index contributed by atoms with van der Waals surface area (Å²) in [6, 6.07) is -5.57. The van der Waals surface area contributed by atoms with E-state index in [1.165, 1.54) is 6.92 Å². The molecule has 390 valence electrons. The van der Waals surface area contributed by atoms with E-state index in [9.17, 15) is 62.7 Å². The van der Waals surface area contributed by atoms with E-state index in [1.54, 1.807) is 32.2 Å². The number of nitrogens with two attached hydrogens (primary N) is 1. The number of nitrogens with zero attached hydrogens (tertiary/aromatic N) is 1. The molecular weight excluding hydrogens is 951 g/mol. The van der Waals surface area contributed by atoms with Gasteiger partial charge < -0.3 is 78.2 Å². The number of carbonyl (C=O) groups excluding carboxylic acids is 9. The molecule has 5 aliphatic rings. The van der Waals surface area contributed by atoms with E-state index in [2.05, 4.69) is 47.5 Å². The Morgan fingerprint density at radius 1 is 0.915 bits per heavy atom. The number of hydrogen-bond acceptors (Lipinski definition) is 15. The highest BCUT2D eigenvalue weighted by atomic mass is 32.2. The van der Waals surface area contributed by atoms with Crippen LogP contribution in [0.4, 0.5) is 0 Å². The first-order chi connectivity index (χ1) is 33.6. The second kappa shape index (κ2) is 23.3. The maximum Gasteiger partial charge on any atom is 0.246 e. The molecule has 14 atom stereocenters. The molecule has 26 heteroatoms. The van der Waals surface area contributed by atoms with Crippen molar-refractivity contribution in [3.05, 3.63) is 23.8 Å². The van der Waals surface area contributed by atoms with Crippen molar-refractivity contribution in [2.75, 3.05) is 39.0 Å². The number of nitrogens with one attached hydrogen (secondary N) is 9. The second-order valence-corrected chi connectivity index (χ2v) is 20.2. The number of amides is 9. The van der Waals surface area contributed by atoms with E-state index in [0.29, 0.717) is 29.5 Å². The van der Waals surface area contributed by atoms with E-state index in [1.807, 2.05) is 13.8 Å². The summed E-state index contributed by atoms with van der Waals surface area (Å²) in [6.07, 6.45) is -4.40. The number of aliphatic hydroxyl groups is 3. The Hall–Kier alpha value is -6.22. The van der Waals surface area contributed by atoms with Crippen molar-refractivity contribution in [3.63, 3.8) is 0 Å². The van der Waals surface area contributed by atoms with Gasteiger partial charge in [-0.15, -0.1) is 0 Å². The fourth-order valence-electron chi connectivity index (χ4n) is 10.00. The molecule has 14 N–H and O–H groups in total. The van der Waals surface area contributed by atoms with Gasteiger partial charge in [-0.1, -0.05) is 20.8 Å². The lowest BCUT2D eigenvalue weighted by atomic mass is 9.80. The molecule has 6 heterocycles. The maximum atomic E-state index is 14.9. The van der Waals surface area contributed by atoms with Crippen molar-refractivity contribution in [2.24, 2.45) is 23.5 Å². The normalized spacial score (nSPS) is 31.8. The van der Waals surface area contributed by atoms with Crippen molar-refractivity contribution in [2.45, 2.75) is 125 Å². The number of ether oxygens (including phenoxy) is 1. The van der Waals surface area contributed by atoms with E-state index < -0.39 is 188 Å². The monoisotopic (exact) mass is 1020 g/mol. The minimum Gasteiger partial charge on any atom is -0.491 e. The van der Waals surface area contributed by atoms with Gasteiger partial charge in [0, 0.05) is 48.7 Å². The van der Waals surface area contributed by atoms with Crippen LogP contribution in [-0.2, 0) is 60.4 Å². The van der Waals surface area contributed by atoms with Crippen LogP contribution in [0.5, 0.6) is 5.75 Å². The fraction of sp³-hybridized carbons (Fsp3) is 0.622. The lowest BCUT2D eigenvalue weighted by Crippen LogP contribution is -2.62. The molecule has 0 radical (unpaired) electrons. The zero-order valence-corrected chi connectivity index (χ0v) is 40.9. The number of primary amides is 1. The number of H-pyrrole nitrogens is 1. The molecule has 5 aliphatic heterocycles. The molecule has 1 aromatic heterocycles. The van der Waals surface area contributed by atoms with Crippen LogP contribution in [0.15, 0.2) is 23.2 Å². The number of aromatic amines is 1. The summed E-state index contributed by atoms with van der Waals surface area (Å²) in [5, 5.41) is 52.9. The summed E-state index contributed by atoms with van der Waals surface area (Å²) in [4.78, 5) is 131. The molecule has 1 aromatic carbocycles. The van der Waals surface area contributed by atoms with Gasteiger partial charge in [-0.25, -0.2) is 0 Å². The van der Waals surface area contributed by atoms with Gasteiger partial charge in [0.15, 0.2) is 0 Å². The molecule has 0 spiro atoms. The van der Waals surface area contributed by atoms with E-state index in [-0.39, 0.29) is 16.5 Å². The summed E-state index contributed by atoms with van der Waals surface area (Å²) < 4.78 is 21.3. The highest BCUT2D eigenvalue weighted by Gasteiger charge is 2.45. The lowest BCUT2D eigenvalue weighted by molar-refractivity contribution is -0.144. The Morgan fingerprint density at radius 2 is 1.61 bits per heavy atom. The van der Waals surface area contributed by atoms with Gasteiger partial charge in [0.05, 0.1) is 66.5 Å². The SMILES string of the molecule is CC[C@@H]1C(NC)C(C)CC(C)Oc2ccc3c4c([nH]c3c2)S(=O)C[C@@H]2NC(=O)CNC(=O)[C@H]1NC(=O)CNC(=O)[C@H](C4)NC(=O)[C@H]([C@@H](C)[C@@H](O)CO)NC(=O)[C@@H]1C[C@@H](O)CN1C(=O)[C@H](CC(N)=O)NC2=O. The summed E-state index contributed by atoms with van der Waals surface area (Å²) in [6.45, 7) is 4.02. The van der Waals surface area contributed by atoms with Gasteiger partial charge in [0.1, 0.15) is 47.0 Å². The largest absolute Gasteiger partial charge is 0.491 e. The first kappa shape index (κ1) is 54.1. The smallest absolute Gasteiger partial charge is 0.246 e. The standard InChI is InChI=1S/C45H65N11O14S/c1-6-24-36(47-5)19(2)9-20(3)70-23-7-8-25-26-12-28-39(63)48-15-35(62)54-38(24)42(66)49-14-34(61)50-30(18-71(69)44(26)53-27(25)11-23)40(64)52-29(13-33(46)60)45(68)56-16-22(58)10-31(56)41(65)55-37(43(67)51-28)21(4)32(59)17-57/h7-8,11,19-22,24,28-32,36-38,47,53,57-59H,6,9-10,12-18H2,1-5H3,(H2,46,60)(H,48,63)(H,49,66)(H,50,61)(H,51,67)(H,52,64)(H,54,62)(H,55,65)/t19?,20?,21-,22+,24+,28-,29-,30-,31-,32-,36?,37-,38-,71?/m0/s1. The van der Waals surface area contributed by atoms with Crippen LogP contribution in [0, 0.1) is 17.8 Å². The Bertz CT molecular complexity index is 2420. The molecule has 4 unspecified atom stereocenters. The molecule has 9 amide bonds. The van der Waals surface area contributed by atoms with Crippen molar-refractivity contribution < 1.29 is 67.4 Å². The van der Waals surface area contributed by atoms with Crippen LogP contribution in [0.1, 0.15) is 58.9 Å². The van der Waals surface area contributed by atoms with Crippen LogP contribution < -0.4 is 53.0 Å². The maximum absolute atomic E-state index is 14.9. The third kappa shape index (κ3) is 12.6. The molecule has 2 aromatic rings. The zero-order chi connectivity index (χ0) is 52.0. The molecule has 25 nitrogen and oxygen atoms in total. The fourth-order valence-corrected chi connectivity index (χ4v) is 11.4. The Balaban J connectivity index is 1.61. The Morgan fingerprint density at radius 3 is 2.27 bits per heavy atom. The molecule has 71 heavy (non-hydrogen) atoms. The first-order valence-electron chi connectivity index (χ1n) is 23.6. The predicted octanol–water partition coefficient (Wildman–Crippen LogP) is -5.25. The molecule has 0 aliphatic carbocycles. The lowest BCUT2D eigenvalue weighted by Gasteiger charge is -2.37. The molecule has 0 saturated carbocycles. The summed E-state index contributed by atoms with van der Waals surface area (Å²) in [7, 11) is -0.663. The van der Waals surface area contributed by atoms with Gasteiger partial charge in [0.25, 0.3) is 0 Å². The topological polar surface area (TPSA) is 382 Å². The van der Waals surface area contributed by atoms with Gasteiger partial charge in [-0.05, 0) is 50.4 Å². The van der Waals surface area contributed by atoms with Gasteiger partial charge in [-0.2, -0.15) is 0 Å². The summed E-state index contributed by atoms with van der Waals surface area (Å²) in [5.41, 5.74) is 6.03. The average molecular weight is 1020 g/mol. The average Bonchev–Trinajstić information content (AvgIpc) is 3.89. The van der Waals surface area contributed by atoms with Crippen LogP contribution in [0.2, 0.25) is 0 Å². The van der Waals surface area contributed by atoms with Gasteiger partial charge in [-0.3, -0.25) is 47.4 Å². The Kier molecular flexibility index (Phi) is 17.8. The minimum absolute atomic E-state index is 0.0986. The van der Waals surface area contributed by atoms with Crippen LogP contribution in [0.25, 0.3) is 10.9 Å². The third-order valence-electron chi connectivity index (χ3n) is 13.7. The molecular formula is C45H65N11O14S. The number of aromatic nitrogens is 1. The zero-order valence-electron chi connectivity index (χ0n) is 40.1. The van der Waals surface area contributed by atoms with Crippen LogP contribution in [0.3, 0.4) is 0 Å². The summed E-state index contributed by atoms with van der Waals surface area (Å²) in [5.74, 6) is -11.6. The first-order valence-corrected chi connectivity index (χ1v) is 24.9. The van der Waals surface area contributed by atoms with Gasteiger partial charge in [0.2, 0.25) is 53.2 Å². The van der Waals surface area contributed by atoms with Crippen molar-refractivity contribution in [1.29, 1.82) is 0 Å². The van der Waals surface area contributed by atoms with E-state index in [0.717, 1.165) is 4.90 Å². The number of aliphatic hydroxyl groups excluding tert-OH is 3. The van der Waals surface area contributed by atoms with Crippen molar-refractivity contribution in [1.82, 2.24) is 52.4 Å². The number of rotatable bonds is 7. The molecule has 1 saturated heterocycles. The second-order valence-electron chi connectivity index (χ2n) is 18.8. The number of fused-ring (bicyclic) bond motifs is 9. The van der Waals surface area contributed by atoms with Gasteiger partial charge >= 0.3 is 0 Å². The quantitative estimate of drug-likeness (QED) is 0.123. The number of benzene rings is 1. The van der Waals surface area contributed by atoms with E-state index >= 15 is 0 Å². The molecule has 7 bridgehead atoms. The molecule has 1 fully saturated rings. The van der Waals surface area contributed by atoms with Crippen molar-refractivity contribution in [3.8, 4) is 5.75 Å².